The van der Waals surface area contributed by atoms with Crippen LogP contribution in [0.1, 0.15) is 38.9 Å². The number of nitrogens with zero attached hydrogens (tertiary/aromatic N) is 1. The first-order valence-corrected chi connectivity index (χ1v) is 15.1. The minimum atomic E-state index is -5.35. The Bertz CT molecular complexity index is 1820. The summed E-state index contributed by atoms with van der Waals surface area (Å²) in [6.07, 6.45) is -5.35. The van der Waals surface area contributed by atoms with Crippen molar-refractivity contribution < 1.29 is 51.6 Å². The zero-order chi connectivity index (χ0) is 35.4. The van der Waals surface area contributed by atoms with Crippen molar-refractivity contribution in [1.29, 1.82) is 0 Å². The molecule has 14 heteroatoms. The number of nitrogens with one attached hydrogen (secondary N) is 2. The summed E-state index contributed by atoms with van der Waals surface area (Å²) in [6, 6.07) is 18.1. The number of alkyl halides is 3. The predicted octanol–water partition coefficient (Wildman–Crippen LogP) is 4.53. The molecule has 1 aromatic heterocycles. The van der Waals surface area contributed by atoms with Crippen molar-refractivity contribution in [2.24, 2.45) is 0 Å². The number of aromatic nitrogens is 1. The Morgan fingerprint density at radius 2 is 1.65 bits per heavy atom. The molecular weight excluding hydrogens is 650 g/mol. The minimum absolute atomic E-state index is 0.0545. The van der Waals surface area contributed by atoms with Crippen LogP contribution in [0.3, 0.4) is 0 Å². The number of carbonyl (C=O) groups excluding carboxylic acids is 2. The number of pyridine rings is 1. The van der Waals surface area contributed by atoms with Crippen LogP contribution in [0, 0.1) is 5.82 Å². The van der Waals surface area contributed by atoms with Gasteiger partial charge in [0.25, 0.3) is 11.8 Å². The van der Waals surface area contributed by atoms with Gasteiger partial charge in [-0.25, -0.2) is 9.37 Å². The first-order chi connectivity index (χ1) is 23.3. The number of hydrogen-bond donors (Lipinski definition) is 4. The molecule has 49 heavy (non-hydrogen) atoms. The number of carbonyl (C=O) groups is 2. The normalized spacial score (nSPS) is 16.6. The lowest BCUT2D eigenvalue weighted by atomic mass is 9.82. The van der Waals surface area contributed by atoms with Crippen LogP contribution in [0.5, 0.6) is 17.2 Å². The van der Waals surface area contributed by atoms with E-state index in [-0.39, 0.29) is 66.0 Å². The van der Waals surface area contributed by atoms with Gasteiger partial charge < -0.3 is 35.1 Å². The Balaban J connectivity index is 1.51. The summed E-state index contributed by atoms with van der Waals surface area (Å²) >= 11 is 0. The van der Waals surface area contributed by atoms with Gasteiger partial charge in [-0.15, -0.1) is 0 Å². The van der Waals surface area contributed by atoms with Crippen LogP contribution in [-0.4, -0.2) is 73.2 Å². The first-order valence-electron chi connectivity index (χ1n) is 15.1. The van der Waals surface area contributed by atoms with Gasteiger partial charge in [-0.2, -0.15) is 13.2 Å². The van der Waals surface area contributed by atoms with E-state index in [1.165, 1.54) is 37.4 Å². The maximum absolute atomic E-state index is 14.9. The number of aliphatic hydroxyl groups is 2. The summed E-state index contributed by atoms with van der Waals surface area (Å²) < 4.78 is 74.9. The predicted molar refractivity (Wildman–Crippen MR) is 169 cm³/mol. The van der Waals surface area contributed by atoms with E-state index in [0.717, 1.165) is 18.2 Å². The number of ether oxygens (including phenoxy) is 3. The fraction of sp³-hybridized carbons (Fsp3) is 0.286. The average Bonchev–Trinajstić information content (AvgIpc) is 3.44. The Kier molecular flexibility index (Phi) is 10.1. The third-order valence-corrected chi connectivity index (χ3v) is 8.12. The van der Waals surface area contributed by atoms with Crippen molar-refractivity contribution in [2.45, 2.75) is 24.1 Å². The van der Waals surface area contributed by atoms with Gasteiger partial charge in [0.1, 0.15) is 23.9 Å². The van der Waals surface area contributed by atoms with Crippen molar-refractivity contribution in [3.8, 4) is 28.5 Å². The Hall–Kier alpha value is -5.21. The monoisotopic (exact) mass is 683 g/mol. The van der Waals surface area contributed by atoms with E-state index >= 15 is 0 Å². The van der Waals surface area contributed by atoms with Gasteiger partial charge in [0, 0.05) is 34.2 Å². The lowest BCUT2D eigenvalue weighted by Gasteiger charge is -2.32. The summed E-state index contributed by atoms with van der Waals surface area (Å²) in [7, 11) is 1.30. The van der Waals surface area contributed by atoms with Gasteiger partial charge in [0.15, 0.2) is 11.5 Å². The van der Waals surface area contributed by atoms with Crippen molar-refractivity contribution in [3.05, 3.63) is 107 Å². The Morgan fingerprint density at radius 1 is 0.959 bits per heavy atom. The molecule has 0 saturated heterocycles. The number of fused-ring (bicyclic) bond motifs is 1. The molecule has 2 amide bonds. The number of amides is 2. The third-order valence-electron chi connectivity index (χ3n) is 8.12. The first kappa shape index (κ1) is 35.1. The number of aliphatic hydroxyl groups excluding tert-OH is 1. The second-order valence-corrected chi connectivity index (χ2v) is 11.6. The number of rotatable bonds is 12. The molecule has 1 aliphatic rings. The van der Waals surface area contributed by atoms with Crippen LogP contribution >= 0.6 is 0 Å². The molecule has 0 spiro atoms. The maximum atomic E-state index is 14.9. The average molecular weight is 684 g/mol. The number of halogens is 4. The summed E-state index contributed by atoms with van der Waals surface area (Å²) in [6.45, 7) is -0.111. The molecule has 1 unspecified atom stereocenters. The van der Waals surface area contributed by atoms with E-state index in [1.54, 1.807) is 37.3 Å². The summed E-state index contributed by atoms with van der Waals surface area (Å²) in [4.78, 5) is 30.1. The number of benzene rings is 3. The van der Waals surface area contributed by atoms with Gasteiger partial charge >= 0.3 is 6.18 Å². The van der Waals surface area contributed by atoms with E-state index in [4.69, 9.17) is 19.3 Å². The smallest absolute Gasteiger partial charge is 0.424 e. The summed E-state index contributed by atoms with van der Waals surface area (Å²) in [5.74, 6) is -1.58. The maximum Gasteiger partial charge on any atom is 0.424 e. The Morgan fingerprint density at radius 3 is 2.31 bits per heavy atom. The second kappa shape index (κ2) is 14.1. The molecular formula is C35H33F4N3O7. The zero-order valence-corrected chi connectivity index (χ0v) is 26.4. The topological polar surface area (TPSA) is 139 Å². The molecule has 5 rings (SSSR count). The molecule has 4 N–H and O–H groups in total. The van der Waals surface area contributed by atoms with Gasteiger partial charge in [0.05, 0.1) is 32.6 Å². The second-order valence-electron chi connectivity index (χ2n) is 11.6. The van der Waals surface area contributed by atoms with Gasteiger partial charge in [-0.1, -0.05) is 25.1 Å². The quantitative estimate of drug-likeness (QED) is 0.160. The fourth-order valence-corrected chi connectivity index (χ4v) is 5.30. The molecule has 258 valence electrons. The van der Waals surface area contributed by atoms with Crippen LogP contribution in [0.4, 0.5) is 17.6 Å². The van der Waals surface area contributed by atoms with E-state index < -0.39 is 47.1 Å². The van der Waals surface area contributed by atoms with E-state index in [1.807, 2.05) is 0 Å². The molecule has 3 aromatic carbocycles. The molecule has 0 saturated carbocycles. The zero-order valence-electron chi connectivity index (χ0n) is 26.4. The molecule has 1 aliphatic heterocycles. The summed E-state index contributed by atoms with van der Waals surface area (Å²) in [5.41, 5.74) is -5.04. The number of hydrogen-bond acceptors (Lipinski definition) is 8. The van der Waals surface area contributed by atoms with E-state index in [0.29, 0.717) is 5.56 Å². The summed E-state index contributed by atoms with van der Waals surface area (Å²) in [5, 5.41) is 25.4. The molecule has 0 aliphatic carbocycles. The van der Waals surface area contributed by atoms with Crippen LogP contribution in [0.25, 0.3) is 11.3 Å². The molecule has 0 bridgehead atoms. The van der Waals surface area contributed by atoms with Crippen molar-refractivity contribution in [1.82, 2.24) is 15.6 Å². The highest BCUT2D eigenvalue weighted by atomic mass is 19.4. The van der Waals surface area contributed by atoms with Gasteiger partial charge in [-0.05, 0) is 60.7 Å². The lowest BCUT2D eigenvalue weighted by molar-refractivity contribution is -0.265. The molecule has 0 fully saturated rings. The SMILES string of the molecule is COc1cc(C(=O)NCC(O)(c2cc3c(c(-c4ccc(F)cc4)n2)OC[C@]3(C)CNC(=O)c2ccccc2)C(F)(F)F)ccc1OCCO. The highest BCUT2D eigenvalue weighted by Gasteiger charge is 2.57. The molecule has 10 nitrogen and oxygen atoms in total. The van der Waals surface area contributed by atoms with Crippen molar-refractivity contribution >= 4 is 11.8 Å². The molecule has 2 atom stereocenters. The van der Waals surface area contributed by atoms with Crippen LogP contribution < -0.4 is 24.8 Å². The Labute approximate surface area is 278 Å². The van der Waals surface area contributed by atoms with Crippen molar-refractivity contribution in [3.63, 3.8) is 0 Å². The van der Waals surface area contributed by atoms with E-state index in [9.17, 15) is 32.3 Å². The molecule has 0 radical (unpaired) electrons. The lowest BCUT2D eigenvalue weighted by Crippen LogP contribution is -2.51. The standard InChI is InChI=1S/C35H33F4N3O7/c1-33(18-40-31(44)22-6-4-3-5-7-22)20-49-30-25(33)17-28(42-29(30)21-8-11-24(36)12-9-21)34(46,35(37,38)39)19-41-32(45)23-10-13-26(48-15-14-43)27(16-23)47-2/h3-13,16-17,43,46H,14-15,18-20H2,1-2H3,(H,40,44)(H,41,45)/t33-,34?/m0/s1. The highest BCUT2D eigenvalue weighted by Crippen LogP contribution is 2.47. The third kappa shape index (κ3) is 7.29. The number of methoxy groups -OCH3 is 1. The van der Waals surface area contributed by atoms with Crippen LogP contribution in [0.15, 0.2) is 78.9 Å². The highest BCUT2D eigenvalue weighted by molar-refractivity contribution is 5.95. The minimum Gasteiger partial charge on any atom is -0.493 e. The van der Waals surface area contributed by atoms with Gasteiger partial charge in [-0.3, -0.25) is 9.59 Å². The molecule has 2 heterocycles. The van der Waals surface area contributed by atoms with Crippen molar-refractivity contribution in [2.75, 3.05) is 40.0 Å². The van der Waals surface area contributed by atoms with Crippen LogP contribution in [-0.2, 0) is 11.0 Å². The van der Waals surface area contributed by atoms with E-state index in [2.05, 4.69) is 15.6 Å². The van der Waals surface area contributed by atoms with Gasteiger partial charge in [0.2, 0.25) is 5.60 Å². The molecule has 4 aromatic rings. The largest absolute Gasteiger partial charge is 0.493 e. The fourth-order valence-electron chi connectivity index (χ4n) is 5.30. The van der Waals surface area contributed by atoms with Crippen LogP contribution in [0.2, 0.25) is 0 Å².